The van der Waals surface area contributed by atoms with Crippen molar-refractivity contribution < 1.29 is 4.39 Å². The van der Waals surface area contributed by atoms with Gasteiger partial charge in [-0.15, -0.1) is 0 Å². The van der Waals surface area contributed by atoms with Crippen molar-refractivity contribution in [3.05, 3.63) is 29.0 Å². The van der Waals surface area contributed by atoms with Gasteiger partial charge in [0.05, 0.1) is 5.69 Å². The Morgan fingerprint density at radius 1 is 1.31 bits per heavy atom. The van der Waals surface area contributed by atoms with Crippen LogP contribution in [0.1, 0.15) is 12.8 Å². The van der Waals surface area contributed by atoms with Gasteiger partial charge in [-0.05, 0) is 44.1 Å². The molecule has 4 heteroatoms. The molecule has 1 N–H and O–H groups in total. The van der Waals surface area contributed by atoms with E-state index < -0.39 is 0 Å². The van der Waals surface area contributed by atoms with Crippen molar-refractivity contribution in [2.75, 3.05) is 31.5 Å². The Labute approximate surface area is 100 Å². The number of benzene rings is 1. The van der Waals surface area contributed by atoms with Crippen molar-refractivity contribution in [3.8, 4) is 0 Å². The molecule has 1 aromatic carbocycles. The van der Waals surface area contributed by atoms with Crippen molar-refractivity contribution in [2.24, 2.45) is 0 Å². The zero-order valence-electron chi connectivity index (χ0n) is 9.18. The average molecular weight is 243 g/mol. The number of nitrogens with zero attached hydrogens (tertiary/aromatic N) is 1. The number of hydrogen-bond acceptors (Lipinski definition) is 2. The topological polar surface area (TPSA) is 15.3 Å². The van der Waals surface area contributed by atoms with E-state index in [0.29, 0.717) is 10.7 Å². The van der Waals surface area contributed by atoms with Crippen LogP contribution in [0.15, 0.2) is 18.2 Å². The molecule has 0 atom stereocenters. The molecule has 0 aromatic heterocycles. The molecule has 0 unspecified atom stereocenters. The normalized spacial score (nSPS) is 16.6. The molecule has 1 aromatic rings. The number of anilines is 1. The van der Waals surface area contributed by atoms with Crippen LogP contribution in [0.2, 0.25) is 5.02 Å². The summed E-state index contributed by atoms with van der Waals surface area (Å²) in [6.07, 6.45) is 2.57. The van der Waals surface area contributed by atoms with Gasteiger partial charge in [0, 0.05) is 18.1 Å². The fraction of sp³-hybridized carbons (Fsp3) is 0.500. The highest BCUT2D eigenvalue weighted by molar-refractivity contribution is 6.30. The Morgan fingerprint density at radius 3 is 2.81 bits per heavy atom. The highest BCUT2D eigenvalue weighted by atomic mass is 35.5. The molecule has 2 nitrogen and oxygen atoms in total. The lowest BCUT2D eigenvalue weighted by molar-refractivity contribution is 0.352. The molecule has 1 fully saturated rings. The highest BCUT2D eigenvalue weighted by Crippen LogP contribution is 2.19. The number of rotatable bonds is 4. The first kappa shape index (κ1) is 11.7. The van der Waals surface area contributed by atoms with E-state index in [1.807, 2.05) is 0 Å². The number of likely N-dealkylation sites (tertiary alicyclic amines) is 1. The average Bonchev–Trinajstić information content (AvgIpc) is 2.76. The second-order valence-electron chi connectivity index (χ2n) is 4.10. The molecule has 88 valence electrons. The molecule has 1 aliphatic heterocycles. The molecule has 0 saturated carbocycles. The molecule has 0 aliphatic carbocycles. The monoisotopic (exact) mass is 242 g/mol. The molecule has 0 spiro atoms. The minimum atomic E-state index is -0.245. The van der Waals surface area contributed by atoms with Crippen molar-refractivity contribution in [1.82, 2.24) is 4.90 Å². The lowest BCUT2D eigenvalue weighted by Gasteiger charge is -2.15. The van der Waals surface area contributed by atoms with Gasteiger partial charge in [-0.25, -0.2) is 4.39 Å². The summed E-state index contributed by atoms with van der Waals surface area (Å²) < 4.78 is 13.3. The largest absolute Gasteiger partial charge is 0.381 e. The van der Waals surface area contributed by atoms with Gasteiger partial charge in [-0.2, -0.15) is 0 Å². The summed E-state index contributed by atoms with van der Waals surface area (Å²) in [5.41, 5.74) is 0.492. The van der Waals surface area contributed by atoms with Gasteiger partial charge in [0.2, 0.25) is 0 Å². The maximum Gasteiger partial charge on any atom is 0.146 e. The van der Waals surface area contributed by atoms with E-state index in [-0.39, 0.29) is 5.82 Å². The summed E-state index contributed by atoms with van der Waals surface area (Å²) in [4.78, 5) is 2.38. The van der Waals surface area contributed by atoms with Crippen LogP contribution in [-0.2, 0) is 0 Å². The zero-order chi connectivity index (χ0) is 11.4. The number of halogens is 2. The lowest BCUT2D eigenvalue weighted by atomic mass is 10.3. The van der Waals surface area contributed by atoms with Crippen LogP contribution in [0.4, 0.5) is 10.1 Å². The second-order valence-corrected chi connectivity index (χ2v) is 4.54. The van der Waals surface area contributed by atoms with Gasteiger partial charge >= 0.3 is 0 Å². The summed E-state index contributed by atoms with van der Waals surface area (Å²) in [6.45, 7) is 4.06. The summed E-state index contributed by atoms with van der Waals surface area (Å²) in [5, 5.41) is 3.64. The van der Waals surface area contributed by atoms with Crippen LogP contribution < -0.4 is 5.32 Å². The van der Waals surface area contributed by atoms with Crippen LogP contribution in [0.3, 0.4) is 0 Å². The predicted molar refractivity (Wildman–Crippen MR) is 65.6 cm³/mol. The van der Waals surface area contributed by atoms with E-state index in [1.165, 1.54) is 32.0 Å². The molecule has 2 rings (SSSR count). The molecule has 1 heterocycles. The standard InChI is InChI=1S/C12H16ClFN2/c13-10-3-4-11(14)12(9-10)15-5-8-16-6-1-2-7-16/h3-4,9,15H,1-2,5-8H2. The maximum atomic E-state index is 13.3. The van der Waals surface area contributed by atoms with Crippen LogP contribution in [0.25, 0.3) is 0 Å². The highest BCUT2D eigenvalue weighted by Gasteiger charge is 2.10. The van der Waals surface area contributed by atoms with E-state index in [2.05, 4.69) is 10.2 Å². The maximum absolute atomic E-state index is 13.3. The van der Waals surface area contributed by atoms with Gasteiger partial charge in [-0.3, -0.25) is 0 Å². The van der Waals surface area contributed by atoms with Gasteiger partial charge in [0.1, 0.15) is 5.82 Å². The fourth-order valence-corrected chi connectivity index (χ4v) is 2.16. The van der Waals surface area contributed by atoms with E-state index in [1.54, 1.807) is 12.1 Å². The quantitative estimate of drug-likeness (QED) is 0.873. The second kappa shape index (κ2) is 5.51. The van der Waals surface area contributed by atoms with E-state index >= 15 is 0 Å². The van der Waals surface area contributed by atoms with Crippen molar-refractivity contribution in [2.45, 2.75) is 12.8 Å². The van der Waals surface area contributed by atoms with E-state index in [9.17, 15) is 4.39 Å². The van der Waals surface area contributed by atoms with Crippen molar-refractivity contribution in [1.29, 1.82) is 0 Å². The Kier molecular flexibility index (Phi) is 4.02. The third-order valence-corrected chi connectivity index (χ3v) is 3.11. The minimum absolute atomic E-state index is 0.245. The molecular weight excluding hydrogens is 227 g/mol. The first-order valence-electron chi connectivity index (χ1n) is 5.67. The molecule has 16 heavy (non-hydrogen) atoms. The first-order chi connectivity index (χ1) is 7.75. The van der Waals surface area contributed by atoms with Gasteiger partial charge in [0.15, 0.2) is 0 Å². The number of nitrogens with one attached hydrogen (secondary N) is 1. The molecule has 1 saturated heterocycles. The minimum Gasteiger partial charge on any atom is -0.381 e. The summed E-state index contributed by atoms with van der Waals surface area (Å²) >= 11 is 5.81. The van der Waals surface area contributed by atoms with Crippen LogP contribution in [0.5, 0.6) is 0 Å². The fourth-order valence-electron chi connectivity index (χ4n) is 1.99. The molecular formula is C12H16ClFN2. The van der Waals surface area contributed by atoms with Gasteiger partial charge < -0.3 is 10.2 Å². The summed E-state index contributed by atoms with van der Waals surface area (Å²) in [5.74, 6) is -0.245. The Morgan fingerprint density at radius 2 is 2.06 bits per heavy atom. The SMILES string of the molecule is Fc1ccc(Cl)cc1NCCN1CCCC1. The zero-order valence-corrected chi connectivity index (χ0v) is 9.93. The summed E-state index contributed by atoms with van der Waals surface area (Å²) in [7, 11) is 0. The Hall–Kier alpha value is -0.800. The predicted octanol–water partition coefficient (Wildman–Crippen LogP) is 2.99. The van der Waals surface area contributed by atoms with Crippen molar-refractivity contribution in [3.63, 3.8) is 0 Å². The molecule has 1 aliphatic rings. The van der Waals surface area contributed by atoms with Gasteiger partial charge in [0.25, 0.3) is 0 Å². The summed E-state index contributed by atoms with van der Waals surface area (Å²) in [6, 6.07) is 4.57. The third kappa shape index (κ3) is 3.09. The Balaban J connectivity index is 1.82. The molecule has 0 bridgehead atoms. The van der Waals surface area contributed by atoms with Gasteiger partial charge in [-0.1, -0.05) is 11.6 Å². The first-order valence-corrected chi connectivity index (χ1v) is 6.05. The molecule has 0 amide bonds. The van der Waals surface area contributed by atoms with E-state index in [4.69, 9.17) is 11.6 Å². The lowest BCUT2D eigenvalue weighted by Crippen LogP contribution is -2.26. The van der Waals surface area contributed by atoms with Crippen LogP contribution in [0, 0.1) is 5.82 Å². The smallest absolute Gasteiger partial charge is 0.146 e. The van der Waals surface area contributed by atoms with Crippen LogP contribution >= 0.6 is 11.6 Å². The van der Waals surface area contributed by atoms with E-state index in [0.717, 1.165) is 13.1 Å². The van der Waals surface area contributed by atoms with Crippen LogP contribution in [-0.4, -0.2) is 31.1 Å². The molecule has 0 radical (unpaired) electrons. The van der Waals surface area contributed by atoms with Crippen molar-refractivity contribution >= 4 is 17.3 Å². The Bertz CT molecular complexity index is 351. The third-order valence-electron chi connectivity index (χ3n) is 2.87. The number of hydrogen-bond donors (Lipinski definition) is 1.